The Morgan fingerprint density at radius 2 is 1.67 bits per heavy atom. The van der Waals surface area contributed by atoms with Gasteiger partial charge in [-0.05, 0) is 36.8 Å². The number of nitrogens with zero attached hydrogens (tertiary/aromatic N) is 4. The van der Waals surface area contributed by atoms with Crippen LogP contribution in [0.1, 0.15) is 32.2 Å². The quantitative estimate of drug-likeness (QED) is 0.415. The van der Waals surface area contributed by atoms with Crippen LogP contribution >= 0.6 is 11.8 Å². The average Bonchev–Trinajstić information content (AvgIpc) is 3.20. The molecule has 0 fully saturated rings. The molecule has 0 saturated carbocycles. The number of hydrogen-bond acceptors (Lipinski definition) is 6. The zero-order valence-corrected chi connectivity index (χ0v) is 20.7. The summed E-state index contributed by atoms with van der Waals surface area (Å²) in [7, 11) is -3.52. The van der Waals surface area contributed by atoms with Crippen LogP contribution in [0.15, 0.2) is 64.6 Å². The van der Waals surface area contributed by atoms with Crippen molar-refractivity contribution in [3.8, 4) is 0 Å². The van der Waals surface area contributed by atoms with Gasteiger partial charge >= 0.3 is 0 Å². The van der Waals surface area contributed by atoms with Gasteiger partial charge in [-0.25, -0.2) is 8.42 Å². The normalized spacial score (nSPS) is 11.6. The summed E-state index contributed by atoms with van der Waals surface area (Å²) in [5, 5.41) is 12.1. The van der Waals surface area contributed by atoms with E-state index in [0.717, 1.165) is 11.4 Å². The molecule has 0 aliphatic heterocycles. The van der Waals surface area contributed by atoms with E-state index in [4.69, 9.17) is 0 Å². The van der Waals surface area contributed by atoms with Crippen LogP contribution in [-0.2, 0) is 27.8 Å². The topological polar surface area (TPSA) is 97.2 Å². The summed E-state index contributed by atoms with van der Waals surface area (Å²) in [4.78, 5) is 12.7. The van der Waals surface area contributed by atoms with Gasteiger partial charge in [0.1, 0.15) is 5.82 Å². The maximum absolute atomic E-state index is 12.6. The standard InChI is InChI=1S/C23H29N5O3S2/c1-4-27(5-2)33(30,31)20-14-12-19(13-15-20)24-22(29)17-32-23-26-25-21(28(23)6-3)16-18-10-8-7-9-11-18/h7-15H,4-6,16-17H2,1-3H3,(H,24,29). The van der Waals surface area contributed by atoms with E-state index in [2.05, 4.69) is 15.5 Å². The van der Waals surface area contributed by atoms with Gasteiger partial charge in [0.05, 0.1) is 10.6 Å². The molecule has 1 N–H and O–H groups in total. The number of carbonyl (C=O) groups excluding carboxylic acids is 1. The van der Waals surface area contributed by atoms with Crippen molar-refractivity contribution in [2.45, 2.75) is 43.8 Å². The number of amides is 1. The van der Waals surface area contributed by atoms with Gasteiger partial charge < -0.3 is 9.88 Å². The predicted octanol–water partition coefficient (Wildman–Crippen LogP) is 3.65. The van der Waals surface area contributed by atoms with Crippen molar-refractivity contribution in [1.82, 2.24) is 19.1 Å². The van der Waals surface area contributed by atoms with Gasteiger partial charge in [-0.3, -0.25) is 4.79 Å². The molecule has 3 aromatic rings. The van der Waals surface area contributed by atoms with Crippen LogP contribution in [0.4, 0.5) is 5.69 Å². The lowest BCUT2D eigenvalue weighted by molar-refractivity contribution is -0.113. The molecule has 1 amide bonds. The van der Waals surface area contributed by atoms with Crippen LogP contribution < -0.4 is 5.32 Å². The Balaban J connectivity index is 1.60. The number of aromatic nitrogens is 3. The van der Waals surface area contributed by atoms with Crippen LogP contribution in [0.25, 0.3) is 0 Å². The monoisotopic (exact) mass is 487 g/mol. The maximum Gasteiger partial charge on any atom is 0.243 e. The van der Waals surface area contributed by atoms with E-state index >= 15 is 0 Å². The molecular formula is C23H29N5O3S2. The number of rotatable bonds is 11. The van der Waals surface area contributed by atoms with E-state index in [9.17, 15) is 13.2 Å². The first-order valence-electron chi connectivity index (χ1n) is 10.9. The number of nitrogens with one attached hydrogen (secondary N) is 1. The second-order valence-electron chi connectivity index (χ2n) is 7.26. The first kappa shape index (κ1) is 24.9. The second-order valence-corrected chi connectivity index (χ2v) is 10.1. The van der Waals surface area contributed by atoms with Crippen LogP contribution in [0.5, 0.6) is 0 Å². The van der Waals surface area contributed by atoms with E-state index in [1.807, 2.05) is 41.8 Å². The summed E-state index contributed by atoms with van der Waals surface area (Å²) < 4.78 is 28.6. The lowest BCUT2D eigenvalue weighted by Gasteiger charge is -2.18. The SMILES string of the molecule is CCN(CC)S(=O)(=O)c1ccc(NC(=O)CSc2nnc(Cc3ccccc3)n2CC)cc1. The molecule has 0 unspecified atom stereocenters. The molecule has 0 radical (unpaired) electrons. The molecule has 2 aromatic carbocycles. The second kappa shape index (κ2) is 11.4. The van der Waals surface area contributed by atoms with Crippen LogP contribution in [-0.4, -0.2) is 52.2 Å². The maximum atomic E-state index is 12.6. The van der Waals surface area contributed by atoms with E-state index < -0.39 is 10.0 Å². The van der Waals surface area contributed by atoms with Crippen molar-refractivity contribution in [1.29, 1.82) is 0 Å². The zero-order chi connectivity index (χ0) is 23.8. The number of carbonyl (C=O) groups is 1. The van der Waals surface area contributed by atoms with Gasteiger partial charge in [0.25, 0.3) is 0 Å². The summed E-state index contributed by atoms with van der Waals surface area (Å²) in [5.41, 5.74) is 1.70. The van der Waals surface area contributed by atoms with Crippen molar-refractivity contribution in [3.63, 3.8) is 0 Å². The first-order chi connectivity index (χ1) is 15.9. The van der Waals surface area contributed by atoms with Gasteiger partial charge in [0.15, 0.2) is 5.16 Å². The number of sulfonamides is 1. The molecule has 0 aliphatic rings. The summed E-state index contributed by atoms with van der Waals surface area (Å²) >= 11 is 1.32. The lowest BCUT2D eigenvalue weighted by atomic mass is 10.1. The van der Waals surface area contributed by atoms with Crippen LogP contribution in [0, 0.1) is 0 Å². The molecule has 3 rings (SSSR count). The molecule has 33 heavy (non-hydrogen) atoms. The molecule has 176 valence electrons. The predicted molar refractivity (Wildman–Crippen MR) is 131 cm³/mol. The third-order valence-corrected chi connectivity index (χ3v) is 8.16. The van der Waals surface area contributed by atoms with Gasteiger partial charge in [0.2, 0.25) is 15.9 Å². The molecule has 0 saturated heterocycles. The minimum atomic E-state index is -3.52. The summed E-state index contributed by atoms with van der Waals surface area (Å²) in [6, 6.07) is 16.3. The van der Waals surface area contributed by atoms with Crippen molar-refractivity contribution in [2.75, 3.05) is 24.2 Å². The van der Waals surface area contributed by atoms with Gasteiger partial charge in [-0.1, -0.05) is 55.9 Å². The Bertz CT molecular complexity index is 1160. The van der Waals surface area contributed by atoms with E-state index in [1.54, 1.807) is 26.0 Å². The van der Waals surface area contributed by atoms with E-state index in [-0.39, 0.29) is 16.6 Å². The molecular weight excluding hydrogens is 458 g/mol. The van der Waals surface area contributed by atoms with E-state index in [1.165, 1.54) is 28.2 Å². The summed E-state index contributed by atoms with van der Waals surface area (Å²) in [5.74, 6) is 0.828. The molecule has 0 atom stereocenters. The Labute approximate surface area is 199 Å². The number of thioether (sulfide) groups is 1. The highest BCUT2D eigenvalue weighted by Crippen LogP contribution is 2.21. The third-order valence-electron chi connectivity index (χ3n) is 5.13. The Hall–Kier alpha value is -2.69. The van der Waals surface area contributed by atoms with Gasteiger partial charge in [-0.15, -0.1) is 10.2 Å². The van der Waals surface area contributed by atoms with Crippen molar-refractivity contribution in [3.05, 3.63) is 66.0 Å². The highest BCUT2D eigenvalue weighted by molar-refractivity contribution is 7.99. The number of anilines is 1. The highest BCUT2D eigenvalue weighted by atomic mass is 32.2. The molecule has 1 aromatic heterocycles. The smallest absolute Gasteiger partial charge is 0.243 e. The first-order valence-corrected chi connectivity index (χ1v) is 13.3. The molecule has 0 spiro atoms. The average molecular weight is 488 g/mol. The van der Waals surface area contributed by atoms with Gasteiger partial charge in [-0.2, -0.15) is 4.31 Å². The molecule has 1 heterocycles. The van der Waals surface area contributed by atoms with Crippen molar-refractivity contribution < 1.29 is 13.2 Å². The Kier molecular flexibility index (Phi) is 8.65. The van der Waals surface area contributed by atoms with Crippen LogP contribution in [0.3, 0.4) is 0 Å². The van der Waals surface area contributed by atoms with Crippen molar-refractivity contribution in [2.24, 2.45) is 0 Å². The van der Waals surface area contributed by atoms with Crippen LogP contribution in [0.2, 0.25) is 0 Å². The fourth-order valence-corrected chi connectivity index (χ4v) is 5.68. The fourth-order valence-electron chi connectivity index (χ4n) is 3.40. The highest BCUT2D eigenvalue weighted by Gasteiger charge is 2.21. The van der Waals surface area contributed by atoms with Crippen molar-refractivity contribution >= 4 is 33.4 Å². The number of benzene rings is 2. The third kappa shape index (κ3) is 6.21. The number of hydrogen-bond donors (Lipinski definition) is 1. The summed E-state index contributed by atoms with van der Waals surface area (Å²) in [6.07, 6.45) is 0.678. The fraction of sp³-hybridized carbons (Fsp3) is 0.348. The Morgan fingerprint density at radius 1 is 1.00 bits per heavy atom. The van der Waals surface area contributed by atoms with E-state index in [0.29, 0.717) is 36.9 Å². The lowest BCUT2D eigenvalue weighted by Crippen LogP contribution is -2.30. The molecule has 10 heteroatoms. The largest absolute Gasteiger partial charge is 0.325 e. The minimum absolute atomic E-state index is 0.170. The molecule has 0 aliphatic carbocycles. The molecule has 8 nitrogen and oxygen atoms in total. The Morgan fingerprint density at radius 3 is 2.27 bits per heavy atom. The molecule has 0 bridgehead atoms. The minimum Gasteiger partial charge on any atom is -0.325 e. The van der Waals surface area contributed by atoms with Gasteiger partial charge in [0, 0.05) is 31.7 Å². The summed E-state index contributed by atoms with van der Waals surface area (Å²) in [6.45, 7) is 7.15. The zero-order valence-electron chi connectivity index (χ0n) is 19.1.